The molecular weight excluding hydrogens is 410 g/mol. The molecule has 32 heavy (non-hydrogen) atoms. The summed E-state index contributed by atoms with van der Waals surface area (Å²) in [7, 11) is 3.14. The SMILES string of the molecule is COc1ccc(C(=O)N2CCC3(CCCN(CC(=O)Nc4ncccn4)C3)C2)cc1OC. The van der Waals surface area contributed by atoms with Crippen LogP contribution in [0.3, 0.4) is 0 Å². The number of carbonyl (C=O) groups excluding carboxylic acids is 2. The molecule has 2 saturated heterocycles. The summed E-state index contributed by atoms with van der Waals surface area (Å²) in [6.45, 7) is 3.37. The maximum atomic E-state index is 13.1. The zero-order valence-electron chi connectivity index (χ0n) is 18.5. The number of anilines is 1. The second kappa shape index (κ2) is 9.52. The third kappa shape index (κ3) is 4.83. The van der Waals surface area contributed by atoms with Gasteiger partial charge in [0.15, 0.2) is 11.5 Å². The first kappa shape index (κ1) is 22.0. The minimum Gasteiger partial charge on any atom is -0.493 e. The van der Waals surface area contributed by atoms with Crippen LogP contribution in [0.15, 0.2) is 36.7 Å². The van der Waals surface area contributed by atoms with Crippen LogP contribution < -0.4 is 14.8 Å². The predicted octanol–water partition coefficient (Wildman–Crippen LogP) is 2.06. The number of hydrogen-bond acceptors (Lipinski definition) is 7. The van der Waals surface area contributed by atoms with Gasteiger partial charge in [0.1, 0.15) is 0 Å². The van der Waals surface area contributed by atoms with Crippen LogP contribution in [0, 0.1) is 5.41 Å². The maximum Gasteiger partial charge on any atom is 0.254 e. The van der Waals surface area contributed by atoms with Crippen molar-refractivity contribution in [3.8, 4) is 11.5 Å². The first-order valence-corrected chi connectivity index (χ1v) is 10.8. The van der Waals surface area contributed by atoms with E-state index in [1.54, 1.807) is 50.9 Å². The van der Waals surface area contributed by atoms with Gasteiger partial charge in [-0.05, 0) is 50.1 Å². The smallest absolute Gasteiger partial charge is 0.254 e. The highest BCUT2D eigenvalue weighted by atomic mass is 16.5. The minimum atomic E-state index is -0.121. The van der Waals surface area contributed by atoms with Crippen LogP contribution in [0.25, 0.3) is 0 Å². The molecule has 0 radical (unpaired) electrons. The number of amides is 2. The maximum absolute atomic E-state index is 13.1. The molecule has 2 aliphatic rings. The first-order valence-electron chi connectivity index (χ1n) is 10.8. The molecule has 1 aromatic heterocycles. The van der Waals surface area contributed by atoms with Gasteiger partial charge in [-0.25, -0.2) is 9.97 Å². The number of piperidine rings is 1. The van der Waals surface area contributed by atoms with Crippen molar-refractivity contribution in [2.75, 3.05) is 52.3 Å². The van der Waals surface area contributed by atoms with Gasteiger partial charge in [-0.3, -0.25) is 19.8 Å². The summed E-state index contributed by atoms with van der Waals surface area (Å²) in [5.41, 5.74) is 0.614. The van der Waals surface area contributed by atoms with Gasteiger partial charge in [0, 0.05) is 43.0 Å². The fourth-order valence-electron chi connectivity index (χ4n) is 4.77. The van der Waals surface area contributed by atoms with Crippen molar-refractivity contribution in [2.45, 2.75) is 19.3 Å². The Kier molecular flexibility index (Phi) is 6.55. The molecule has 0 bridgehead atoms. The zero-order chi connectivity index (χ0) is 22.6. The lowest BCUT2D eigenvalue weighted by molar-refractivity contribution is -0.118. The highest BCUT2D eigenvalue weighted by Crippen LogP contribution is 2.39. The average molecular weight is 440 g/mol. The molecule has 0 aliphatic carbocycles. The van der Waals surface area contributed by atoms with E-state index in [0.717, 1.165) is 32.4 Å². The number of hydrogen-bond donors (Lipinski definition) is 1. The molecule has 2 fully saturated rings. The number of ether oxygens (including phenoxy) is 2. The van der Waals surface area contributed by atoms with Crippen molar-refractivity contribution in [3.05, 3.63) is 42.2 Å². The molecule has 3 heterocycles. The van der Waals surface area contributed by atoms with Crippen molar-refractivity contribution >= 4 is 17.8 Å². The highest BCUT2D eigenvalue weighted by molar-refractivity contribution is 5.95. The lowest BCUT2D eigenvalue weighted by Gasteiger charge is -2.40. The van der Waals surface area contributed by atoms with Gasteiger partial charge in [0.25, 0.3) is 5.91 Å². The minimum absolute atomic E-state index is 0.000999. The molecule has 1 unspecified atom stereocenters. The summed E-state index contributed by atoms with van der Waals surface area (Å²) in [5, 5.41) is 2.75. The highest BCUT2D eigenvalue weighted by Gasteiger charge is 2.43. The van der Waals surface area contributed by atoms with Crippen molar-refractivity contribution in [1.82, 2.24) is 19.8 Å². The fraction of sp³-hybridized carbons (Fsp3) is 0.478. The summed E-state index contributed by atoms with van der Waals surface area (Å²) < 4.78 is 10.6. The molecule has 2 aliphatic heterocycles. The van der Waals surface area contributed by atoms with Crippen LogP contribution in [0.4, 0.5) is 5.95 Å². The second-order valence-corrected chi connectivity index (χ2v) is 8.48. The summed E-state index contributed by atoms with van der Waals surface area (Å²) in [4.78, 5) is 37.8. The van der Waals surface area contributed by atoms with Gasteiger partial charge in [-0.2, -0.15) is 0 Å². The molecule has 9 nitrogen and oxygen atoms in total. The van der Waals surface area contributed by atoms with Gasteiger partial charge in [-0.15, -0.1) is 0 Å². The number of rotatable bonds is 6. The van der Waals surface area contributed by atoms with E-state index in [4.69, 9.17) is 9.47 Å². The Morgan fingerprint density at radius 3 is 2.59 bits per heavy atom. The summed E-state index contributed by atoms with van der Waals surface area (Å²) in [6.07, 6.45) is 6.20. The normalized spacial score (nSPS) is 20.9. The Morgan fingerprint density at radius 2 is 1.84 bits per heavy atom. The molecule has 4 rings (SSSR count). The summed E-state index contributed by atoms with van der Waals surface area (Å²) in [6, 6.07) is 6.97. The Bertz CT molecular complexity index is 970. The van der Waals surface area contributed by atoms with Crippen LogP contribution in [-0.4, -0.2) is 78.5 Å². The quantitative estimate of drug-likeness (QED) is 0.736. The molecule has 1 atom stereocenters. The molecule has 2 amide bonds. The molecule has 9 heteroatoms. The van der Waals surface area contributed by atoms with Crippen LogP contribution in [0.1, 0.15) is 29.6 Å². The summed E-state index contributed by atoms with van der Waals surface area (Å²) >= 11 is 0. The van der Waals surface area contributed by atoms with Crippen LogP contribution in [0.5, 0.6) is 11.5 Å². The fourth-order valence-corrected chi connectivity index (χ4v) is 4.77. The summed E-state index contributed by atoms with van der Waals surface area (Å²) in [5.74, 6) is 1.34. The largest absolute Gasteiger partial charge is 0.493 e. The lowest BCUT2D eigenvalue weighted by Crippen LogP contribution is -2.47. The van der Waals surface area contributed by atoms with E-state index in [2.05, 4.69) is 20.2 Å². The van der Waals surface area contributed by atoms with Gasteiger partial charge in [0.2, 0.25) is 11.9 Å². The molecule has 0 saturated carbocycles. The van der Waals surface area contributed by atoms with Crippen molar-refractivity contribution in [1.29, 1.82) is 0 Å². The number of likely N-dealkylation sites (tertiary alicyclic amines) is 2. The second-order valence-electron chi connectivity index (χ2n) is 8.48. The number of methoxy groups -OCH3 is 2. The third-order valence-electron chi connectivity index (χ3n) is 6.28. The number of aromatic nitrogens is 2. The molecule has 1 spiro atoms. The van der Waals surface area contributed by atoms with Gasteiger partial charge >= 0.3 is 0 Å². The number of carbonyl (C=O) groups is 2. The van der Waals surface area contributed by atoms with E-state index in [1.165, 1.54) is 0 Å². The van der Waals surface area contributed by atoms with Gasteiger partial charge in [-0.1, -0.05) is 0 Å². The van der Waals surface area contributed by atoms with E-state index in [0.29, 0.717) is 42.6 Å². The average Bonchev–Trinajstić information content (AvgIpc) is 3.21. The van der Waals surface area contributed by atoms with Gasteiger partial charge in [0.05, 0.1) is 20.8 Å². The van der Waals surface area contributed by atoms with E-state index >= 15 is 0 Å². The van der Waals surface area contributed by atoms with Crippen molar-refractivity contribution < 1.29 is 19.1 Å². The number of benzene rings is 1. The Hall–Kier alpha value is -3.20. The molecule has 170 valence electrons. The van der Waals surface area contributed by atoms with Crippen molar-refractivity contribution in [3.63, 3.8) is 0 Å². The monoisotopic (exact) mass is 439 g/mol. The molecule has 1 N–H and O–H groups in total. The topological polar surface area (TPSA) is 96.9 Å². The number of nitrogens with zero attached hydrogens (tertiary/aromatic N) is 4. The molecular formula is C23H29N5O4. The van der Waals surface area contributed by atoms with Gasteiger partial charge < -0.3 is 14.4 Å². The van der Waals surface area contributed by atoms with E-state index < -0.39 is 0 Å². The predicted molar refractivity (Wildman–Crippen MR) is 119 cm³/mol. The van der Waals surface area contributed by atoms with E-state index in [-0.39, 0.29) is 17.2 Å². The van der Waals surface area contributed by atoms with Crippen LogP contribution in [0.2, 0.25) is 0 Å². The number of nitrogens with one attached hydrogen (secondary N) is 1. The van der Waals surface area contributed by atoms with Crippen LogP contribution >= 0.6 is 0 Å². The Morgan fingerprint density at radius 1 is 1.06 bits per heavy atom. The zero-order valence-corrected chi connectivity index (χ0v) is 18.5. The lowest BCUT2D eigenvalue weighted by atomic mass is 9.79. The molecule has 2 aromatic rings. The van der Waals surface area contributed by atoms with E-state index in [1.807, 2.05) is 4.90 Å². The molecule has 1 aromatic carbocycles. The standard InChI is InChI=1S/C23H29N5O4/c1-31-18-6-5-17(13-19(18)32-2)21(30)28-12-8-23(16-28)7-3-11-27(15-23)14-20(29)26-22-24-9-4-10-25-22/h4-6,9-10,13H,3,7-8,11-12,14-16H2,1-2H3,(H,24,25,26,29). The first-order chi connectivity index (χ1) is 15.5. The third-order valence-corrected chi connectivity index (χ3v) is 6.28. The Balaban J connectivity index is 1.37. The van der Waals surface area contributed by atoms with Crippen LogP contribution in [-0.2, 0) is 4.79 Å². The Labute approximate surface area is 187 Å². The van der Waals surface area contributed by atoms with E-state index in [9.17, 15) is 9.59 Å². The van der Waals surface area contributed by atoms with Crippen molar-refractivity contribution in [2.24, 2.45) is 5.41 Å².